The second kappa shape index (κ2) is 7.97. The second-order valence-electron chi connectivity index (χ2n) is 6.35. The summed E-state index contributed by atoms with van der Waals surface area (Å²) in [6.07, 6.45) is 3.51. The van der Waals surface area contributed by atoms with Crippen LogP contribution in [-0.2, 0) is 13.5 Å². The van der Waals surface area contributed by atoms with Crippen LogP contribution < -0.4 is 11.1 Å². The Kier molecular flexibility index (Phi) is 5.49. The molecule has 0 aliphatic heterocycles. The first-order chi connectivity index (χ1) is 12.6. The monoisotopic (exact) mass is 348 g/mol. The van der Waals surface area contributed by atoms with Crippen molar-refractivity contribution in [1.82, 2.24) is 9.55 Å². The fraction of sp³-hybridized carbons (Fsp3) is 0.238. The van der Waals surface area contributed by atoms with Crippen molar-refractivity contribution < 1.29 is 4.79 Å². The van der Waals surface area contributed by atoms with Crippen LogP contribution in [0.3, 0.4) is 0 Å². The van der Waals surface area contributed by atoms with Gasteiger partial charge in [0.15, 0.2) is 0 Å². The molecule has 2 heterocycles. The summed E-state index contributed by atoms with van der Waals surface area (Å²) in [6, 6.07) is 15.8. The molecule has 5 heteroatoms. The predicted octanol–water partition coefficient (Wildman–Crippen LogP) is 3.54. The van der Waals surface area contributed by atoms with Gasteiger partial charge in [-0.25, -0.2) is 4.98 Å². The molecular formula is C21H24N4O. The van der Waals surface area contributed by atoms with E-state index in [1.807, 2.05) is 67.1 Å². The molecule has 2 aromatic heterocycles. The van der Waals surface area contributed by atoms with Crippen molar-refractivity contribution in [3.8, 4) is 11.3 Å². The zero-order chi connectivity index (χ0) is 18.5. The van der Waals surface area contributed by atoms with Crippen molar-refractivity contribution in [2.75, 3.05) is 11.9 Å². The van der Waals surface area contributed by atoms with Gasteiger partial charge in [-0.3, -0.25) is 4.79 Å². The van der Waals surface area contributed by atoms with E-state index in [2.05, 4.69) is 10.3 Å². The smallest absolute Gasteiger partial charge is 0.258 e. The minimum Gasteiger partial charge on any atom is -0.347 e. The molecule has 0 atom stereocenters. The van der Waals surface area contributed by atoms with E-state index in [1.54, 1.807) is 6.20 Å². The summed E-state index contributed by atoms with van der Waals surface area (Å²) in [5, 5.41) is 2.91. The molecule has 5 nitrogen and oxygen atoms in total. The van der Waals surface area contributed by atoms with Crippen LogP contribution in [0.15, 0.2) is 54.7 Å². The van der Waals surface area contributed by atoms with Gasteiger partial charge in [0, 0.05) is 24.6 Å². The van der Waals surface area contributed by atoms with Crippen molar-refractivity contribution in [3.63, 3.8) is 0 Å². The van der Waals surface area contributed by atoms with Gasteiger partial charge in [-0.1, -0.05) is 30.3 Å². The predicted molar refractivity (Wildman–Crippen MR) is 105 cm³/mol. The van der Waals surface area contributed by atoms with Crippen molar-refractivity contribution in [2.24, 2.45) is 12.8 Å². The number of nitrogens with zero attached hydrogens (tertiary/aromatic N) is 2. The first-order valence-corrected chi connectivity index (χ1v) is 8.78. The number of hydrogen-bond donors (Lipinski definition) is 2. The molecule has 26 heavy (non-hydrogen) atoms. The minimum atomic E-state index is -0.149. The minimum absolute atomic E-state index is 0.149. The lowest BCUT2D eigenvalue weighted by Gasteiger charge is -2.07. The SMILES string of the molecule is Cc1c(C(=O)Nc2cc(CCCN)ccn2)cc(-c2ccccc2)n1C. The summed E-state index contributed by atoms with van der Waals surface area (Å²) in [6.45, 7) is 2.60. The van der Waals surface area contributed by atoms with E-state index in [9.17, 15) is 4.79 Å². The van der Waals surface area contributed by atoms with Gasteiger partial charge in [-0.15, -0.1) is 0 Å². The van der Waals surface area contributed by atoms with Gasteiger partial charge in [0.05, 0.1) is 5.56 Å². The van der Waals surface area contributed by atoms with Crippen LogP contribution in [0, 0.1) is 6.92 Å². The summed E-state index contributed by atoms with van der Waals surface area (Å²) < 4.78 is 2.04. The van der Waals surface area contributed by atoms with E-state index in [-0.39, 0.29) is 5.91 Å². The maximum absolute atomic E-state index is 12.8. The largest absolute Gasteiger partial charge is 0.347 e. The Morgan fingerprint density at radius 2 is 1.96 bits per heavy atom. The summed E-state index contributed by atoms with van der Waals surface area (Å²) in [7, 11) is 1.97. The molecule has 3 N–H and O–H groups in total. The molecule has 1 aromatic carbocycles. The number of anilines is 1. The molecule has 134 valence electrons. The molecule has 1 amide bonds. The first-order valence-electron chi connectivity index (χ1n) is 8.78. The van der Waals surface area contributed by atoms with Crippen LogP contribution in [0.4, 0.5) is 5.82 Å². The van der Waals surface area contributed by atoms with Crippen molar-refractivity contribution in [3.05, 3.63) is 71.5 Å². The number of aryl methyl sites for hydroxylation is 1. The molecular weight excluding hydrogens is 324 g/mol. The second-order valence-corrected chi connectivity index (χ2v) is 6.35. The van der Waals surface area contributed by atoms with E-state index in [1.165, 1.54) is 0 Å². The summed E-state index contributed by atoms with van der Waals surface area (Å²) >= 11 is 0. The molecule has 0 saturated heterocycles. The molecule has 0 spiro atoms. The molecule has 3 rings (SSSR count). The van der Waals surface area contributed by atoms with Crippen LogP contribution in [0.1, 0.15) is 28.0 Å². The van der Waals surface area contributed by atoms with Gasteiger partial charge >= 0.3 is 0 Å². The highest BCUT2D eigenvalue weighted by molar-refractivity contribution is 6.05. The number of nitrogens with one attached hydrogen (secondary N) is 1. The van der Waals surface area contributed by atoms with Crippen LogP contribution in [-0.4, -0.2) is 22.0 Å². The maximum Gasteiger partial charge on any atom is 0.258 e. The van der Waals surface area contributed by atoms with Gasteiger partial charge in [0.1, 0.15) is 5.82 Å². The first kappa shape index (κ1) is 17.9. The Hall–Kier alpha value is -2.92. The third kappa shape index (κ3) is 3.83. The molecule has 0 radical (unpaired) electrons. The number of carbonyl (C=O) groups excluding carboxylic acids is 1. The Bertz CT molecular complexity index is 900. The highest BCUT2D eigenvalue weighted by Crippen LogP contribution is 2.25. The average molecular weight is 348 g/mol. The highest BCUT2D eigenvalue weighted by atomic mass is 16.1. The van der Waals surface area contributed by atoms with Gasteiger partial charge in [-0.2, -0.15) is 0 Å². The average Bonchev–Trinajstić information content (AvgIpc) is 2.96. The fourth-order valence-corrected chi connectivity index (χ4v) is 3.00. The van der Waals surface area contributed by atoms with Crippen molar-refractivity contribution in [2.45, 2.75) is 19.8 Å². The van der Waals surface area contributed by atoms with Gasteiger partial charge in [0.2, 0.25) is 0 Å². The lowest BCUT2D eigenvalue weighted by Crippen LogP contribution is -2.14. The Balaban J connectivity index is 1.83. The zero-order valence-corrected chi connectivity index (χ0v) is 15.2. The topological polar surface area (TPSA) is 72.9 Å². The van der Waals surface area contributed by atoms with Crippen molar-refractivity contribution >= 4 is 11.7 Å². The van der Waals surface area contributed by atoms with E-state index in [4.69, 9.17) is 5.73 Å². The van der Waals surface area contributed by atoms with Crippen LogP contribution >= 0.6 is 0 Å². The molecule has 0 aliphatic rings. The molecule has 0 bridgehead atoms. The number of hydrogen-bond acceptors (Lipinski definition) is 3. The van der Waals surface area contributed by atoms with E-state index >= 15 is 0 Å². The third-order valence-corrected chi connectivity index (χ3v) is 4.59. The highest BCUT2D eigenvalue weighted by Gasteiger charge is 2.17. The number of carbonyl (C=O) groups is 1. The number of aromatic nitrogens is 2. The summed E-state index contributed by atoms with van der Waals surface area (Å²) in [5.74, 6) is 0.415. The zero-order valence-electron chi connectivity index (χ0n) is 15.2. The quantitative estimate of drug-likeness (QED) is 0.715. The molecule has 0 unspecified atom stereocenters. The van der Waals surface area contributed by atoms with Crippen LogP contribution in [0.2, 0.25) is 0 Å². The Morgan fingerprint density at radius 1 is 1.19 bits per heavy atom. The number of nitrogens with two attached hydrogens (primary N) is 1. The standard InChI is InChI=1S/C21H24N4O/c1-15-18(14-19(25(15)2)17-8-4-3-5-9-17)21(26)24-20-13-16(7-6-11-22)10-12-23-20/h3-5,8-10,12-14H,6-7,11,22H2,1-2H3,(H,23,24,26). The fourth-order valence-electron chi connectivity index (χ4n) is 3.00. The number of amides is 1. The van der Waals surface area contributed by atoms with Gasteiger partial charge in [-0.05, 0) is 55.6 Å². The molecule has 0 aliphatic carbocycles. The van der Waals surface area contributed by atoms with Crippen molar-refractivity contribution in [1.29, 1.82) is 0 Å². The van der Waals surface area contributed by atoms with E-state index in [0.29, 0.717) is 17.9 Å². The lowest BCUT2D eigenvalue weighted by atomic mass is 10.1. The maximum atomic E-state index is 12.8. The van der Waals surface area contributed by atoms with Gasteiger partial charge in [0.25, 0.3) is 5.91 Å². The van der Waals surface area contributed by atoms with E-state index < -0.39 is 0 Å². The third-order valence-electron chi connectivity index (χ3n) is 4.59. The molecule has 3 aromatic rings. The summed E-state index contributed by atoms with van der Waals surface area (Å²) in [4.78, 5) is 17.0. The summed E-state index contributed by atoms with van der Waals surface area (Å²) in [5.41, 5.74) is 10.4. The molecule has 0 saturated carbocycles. The molecule has 0 fully saturated rings. The van der Waals surface area contributed by atoms with E-state index in [0.717, 1.165) is 35.4 Å². The normalized spacial score (nSPS) is 10.7. The lowest BCUT2D eigenvalue weighted by molar-refractivity contribution is 0.102. The number of pyridine rings is 1. The Labute approximate surface area is 153 Å². The van der Waals surface area contributed by atoms with Crippen LogP contribution in [0.25, 0.3) is 11.3 Å². The van der Waals surface area contributed by atoms with Gasteiger partial charge < -0.3 is 15.6 Å². The number of benzene rings is 1. The van der Waals surface area contributed by atoms with Crippen LogP contribution in [0.5, 0.6) is 0 Å². The Morgan fingerprint density at radius 3 is 2.69 bits per heavy atom. The number of rotatable bonds is 6.